The molecule has 3 rings (SSSR count). The van der Waals surface area contributed by atoms with Crippen molar-refractivity contribution in [1.29, 1.82) is 0 Å². The van der Waals surface area contributed by atoms with E-state index in [0.29, 0.717) is 16.6 Å². The lowest BCUT2D eigenvalue weighted by atomic mass is 9.93. The molecule has 0 atom stereocenters. The van der Waals surface area contributed by atoms with Gasteiger partial charge in [0.2, 0.25) is 5.91 Å². The van der Waals surface area contributed by atoms with Crippen LogP contribution in [0, 0.1) is 11.2 Å². The molecule has 0 radical (unpaired) electrons. The Labute approximate surface area is 149 Å². The minimum atomic E-state index is -1.01. The first-order valence-corrected chi connectivity index (χ1v) is 8.09. The highest BCUT2D eigenvalue weighted by Gasteiger charge is 2.27. The summed E-state index contributed by atoms with van der Waals surface area (Å²) in [7, 11) is 0. The first-order valence-electron chi connectivity index (χ1n) is 8.09. The largest absolute Gasteiger partial charge is 0.395 e. The number of H-pyrrole nitrogens is 1. The Bertz CT molecular complexity index is 964. The number of amides is 1. The number of hydrogen-bond acceptors (Lipinski definition) is 4. The number of pyridine rings is 1. The first kappa shape index (κ1) is 17.8. The number of nitrogens with one attached hydrogen (secondary N) is 2. The summed E-state index contributed by atoms with van der Waals surface area (Å²) in [6, 6.07) is 6.54. The Kier molecular flexibility index (Phi) is 4.81. The van der Waals surface area contributed by atoms with E-state index in [1.54, 1.807) is 32.3 Å². The van der Waals surface area contributed by atoms with Crippen LogP contribution in [0.1, 0.15) is 25.1 Å². The Morgan fingerprint density at radius 3 is 2.88 bits per heavy atom. The van der Waals surface area contributed by atoms with Crippen molar-refractivity contribution < 1.29 is 14.3 Å². The average Bonchev–Trinajstić information content (AvgIpc) is 3.02. The van der Waals surface area contributed by atoms with Crippen molar-refractivity contribution in [3.63, 3.8) is 0 Å². The van der Waals surface area contributed by atoms with E-state index in [4.69, 9.17) is 0 Å². The van der Waals surface area contributed by atoms with E-state index in [1.165, 1.54) is 12.1 Å². The van der Waals surface area contributed by atoms with Gasteiger partial charge in [-0.25, -0.2) is 4.39 Å². The second kappa shape index (κ2) is 7.05. The van der Waals surface area contributed by atoms with E-state index in [2.05, 4.69) is 20.5 Å². The van der Waals surface area contributed by atoms with Crippen LogP contribution >= 0.6 is 0 Å². The van der Waals surface area contributed by atoms with Crippen molar-refractivity contribution in [3.8, 4) is 0 Å². The van der Waals surface area contributed by atoms with Crippen molar-refractivity contribution in [1.82, 2.24) is 15.2 Å². The molecule has 3 aromatic rings. The maximum atomic E-state index is 14.3. The number of rotatable bonds is 5. The van der Waals surface area contributed by atoms with Crippen LogP contribution in [0.4, 0.5) is 10.1 Å². The predicted molar refractivity (Wildman–Crippen MR) is 98.7 cm³/mol. The minimum Gasteiger partial charge on any atom is -0.395 e. The summed E-state index contributed by atoms with van der Waals surface area (Å²) in [5.41, 5.74) is 1.07. The molecule has 0 spiro atoms. The fourth-order valence-corrected chi connectivity index (χ4v) is 2.29. The number of benzene rings is 1. The molecule has 6 nitrogen and oxygen atoms in total. The molecule has 0 aliphatic carbocycles. The highest BCUT2D eigenvalue weighted by Crippen LogP contribution is 2.27. The number of aromatic nitrogens is 3. The normalized spacial score (nSPS) is 12.0. The zero-order chi connectivity index (χ0) is 18.7. The molecular weight excluding hydrogens is 335 g/mol. The summed E-state index contributed by atoms with van der Waals surface area (Å²) in [6.45, 7) is 2.82. The number of fused-ring (bicyclic) bond motifs is 1. The number of hydrogen-bond donors (Lipinski definition) is 3. The molecule has 0 saturated carbocycles. The maximum Gasteiger partial charge on any atom is 0.232 e. The Balaban J connectivity index is 1.93. The van der Waals surface area contributed by atoms with E-state index < -0.39 is 17.1 Å². The van der Waals surface area contributed by atoms with Gasteiger partial charge in [-0.2, -0.15) is 5.10 Å². The van der Waals surface area contributed by atoms with Crippen LogP contribution in [0.25, 0.3) is 23.1 Å². The smallest absolute Gasteiger partial charge is 0.232 e. The number of carbonyl (C=O) groups excluding carboxylic acids is 1. The number of halogens is 1. The number of nitrogens with zero attached hydrogens (tertiary/aromatic N) is 2. The quantitative estimate of drug-likeness (QED) is 0.656. The Hall–Kier alpha value is -3.06. The Morgan fingerprint density at radius 1 is 1.38 bits per heavy atom. The van der Waals surface area contributed by atoms with Crippen LogP contribution in [0.3, 0.4) is 0 Å². The summed E-state index contributed by atoms with van der Waals surface area (Å²) in [5, 5.41) is 19.5. The van der Waals surface area contributed by atoms with Gasteiger partial charge in [-0.15, -0.1) is 0 Å². The Morgan fingerprint density at radius 2 is 2.19 bits per heavy atom. The fourth-order valence-electron chi connectivity index (χ4n) is 2.29. The van der Waals surface area contributed by atoms with E-state index in [-0.39, 0.29) is 12.3 Å². The van der Waals surface area contributed by atoms with E-state index >= 15 is 0 Å². The minimum absolute atomic E-state index is 0.0430. The number of aromatic amines is 1. The van der Waals surface area contributed by atoms with Crippen molar-refractivity contribution in [2.24, 2.45) is 5.41 Å². The van der Waals surface area contributed by atoms with Crippen molar-refractivity contribution >= 4 is 34.6 Å². The lowest BCUT2D eigenvalue weighted by Crippen LogP contribution is -2.34. The van der Waals surface area contributed by atoms with Gasteiger partial charge in [0.1, 0.15) is 5.82 Å². The van der Waals surface area contributed by atoms with Gasteiger partial charge in [0, 0.05) is 23.8 Å². The molecule has 3 N–H and O–H groups in total. The molecule has 26 heavy (non-hydrogen) atoms. The SMILES string of the molecule is CC(C)(CO)C(=O)Nc1cc2c(C=Cc3cccnc3)n[nH]c2cc1F. The van der Waals surface area contributed by atoms with Crippen molar-refractivity contribution in [3.05, 3.63) is 53.7 Å². The molecule has 2 heterocycles. The summed E-state index contributed by atoms with van der Waals surface area (Å²) in [4.78, 5) is 16.2. The summed E-state index contributed by atoms with van der Waals surface area (Å²) < 4.78 is 14.3. The van der Waals surface area contributed by atoms with Crippen molar-refractivity contribution in [2.75, 3.05) is 11.9 Å². The molecule has 1 aromatic carbocycles. The third kappa shape index (κ3) is 3.62. The fraction of sp³-hybridized carbons (Fsp3) is 0.211. The van der Waals surface area contributed by atoms with Gasteiger partial charge >= 0.3 is 0 Å². The highest BCUT2D eigenvalue weighted by atomic mass is 19.1. The van der Waals surface area contributed by atoms with Gasteiger partial charge in [-0.3, -0.25) is 14.9 Å². The van der Waals surface area contributed by atoms with Crippen LogP contribution in [0.15, 0.2) is 36.7 Å². The lowest BCUT2D eigenvalue weighted by Gasteiger charge is -2.20. The molecule has 1 amide bonds. The molecule has 0 saturated heterocycles. The number of aliphatic hydroxyl groups excluding tert-OH is 1. The summed E-state index contributed by atoms with van der Waals surface area (Å²) >= 11 is 0. The van der Waals surface area contributed by atoms with Gasteiger partial charge < -0.3 is 10.4 Å². The zero-order valence-corrected chi connectivity index (χ0v) is 14.5. The number of anilines is 1. The third-order valence-corrected chi connectivity index (χ3v) is 4.06. The molecule has 0 aliphatic rings. The molecule has 7 heteroatoms. The van der Waals surface area contributed by atoms with Crippen LogP contribution in [-0.4, -0.2) is 32.8 Å². The second-order valence-corrected chi connectivity index (χ2v) is 6.60. The molecule has 2 aromatic heterocycles. The molecule has 0 unspecified atom stereocenters. The van der Waals surface area contributed by atoms with E-state index in [0.717, 1.165) is 5.56 Å². The second-order valence-electron chi connectivity index (χ2n) is 6.60. The number of carbonyl (C=O) groups is 1. The number of aliphatic hydroxyl groups is 1. The average molecular weight is 354 g/mol. The van der Waals surface area contributed by atoms with Gasteiger partial charge in [0.15, 0.2) is 0 Å². The van der Waals surface area contributed by atoms with E-state index in [9.17, 15) is 14.3 Å². The van der Waals surface area contributed by atoms with Gasteiger partial charge in [0.25, 0.3) is 0 Å². The highest BCUT2D eigenvalue weighted by molar-refractivity contribution is 5.98. The van der Waals surface area contributed by atoms with E-state index in [1.807, 2.05) is 18.2 Å². The third-order valence-electron chi connectivity index (χ3n) is 4.06. The predicted octanol–water partition coefficient (Wildman–Crippen LogP) is 3.22. The molecule has 134 valence electrons. The lowest BCUT2D eigenvalue weighted by molar-refractivity contribution is -0.125. The molecule has 0 aliphatic heterocycles. The first-order chi connectivity index (χ1) is 12.4. The van der Waals surface area contributed by atoms with Gasteiger partial charge in [0.05, 0.1) is 28.9 Å². The standard InChI is InChI=1S/C19H19FN4O2/c1-19(2,11-25)18(26)22-17-8-13-15(23-24-16(13)9-14(17)20)6-5-12-4-3-7-21-10-12/h3-10,25H,11H2,1-2H3,(H,22,26)(H,23,24). The molecule has 0 fully saturated rings. The maximum absolute atomic E-state index is 14.3. The van der Waals surface area contributed by atoms with Crippen LogP contribution in [0.5, 0.6) is 0 Å². The van der Waals surface area contributed by atoms with Crippen LogP contribution < -0.4 is 5.32 Å². The van der Waals surface area contributed by atoms with Gasteiger partial charge in [-0.1, -0.05) is 12.1 Å². The monoisotopic (exact) mass is 354 g/mol. The van der Waals surface area contributed by atoms with Crippen molar-refractivity contribution in [2.45, 2.75) is 13.8 Å². The molecular formula is C19H19FN4O2. The summed E-state index contributed by atoms with van der Waals surface area (Å²) in [6.07, 6.45) is 7.04. The topological polar surface area (TPSA) is 90.9 Å². The van der Waals surface area contributed by atoms with Crippen LogP contribution in [0.2, 0.25) is 0 Å². The molecule has 0 bridgehead atoms. The van der Waals surface area contributed by atoms with Gasteiger partial charge in [-0.05, 0) is 37.6 Å². The zero-order valence-electron chi connectivity index (χ0n) is 14.5. The summed E-state index contributed by atoms with van der Waals surface area (Å²) in [5.74, 6) is -1.04. The van der Waals surface area contributed by atoms with Crippen LogP contribution in [-0.2, 0) is 4.79 Å².